The van der Waals surface area contributed by atoms with Crippen LogP contribution in [0.4, 0.5) is 14.5 Å². The molecule has 0 heterocycles. The third-order valence-electron chi connectivity index (χ3n) is 2.86. The molecule has 0 aliphatic carbocycles. The van der Waals surface area contributed by atoms with Gasteiger partial charge in [-0.3, -0.25) is 4.79 Å². The zero-order valence-corrected chi connectivity index (χ0v) is 13.6. The van der Waals surface area contributed by atoms with Crippen molar-refractivity contribution in [2.45, 2.75) is 10.6 Å². The molecule has 2 aromatic rings. The van der Waals surface area contributed by atoms with Gasteiger partial charge in [0.2, 0.25) is 5.91 Å². The van der Waals surface area contributed by atoms with Gasteiger partial charge in [-0.05, 0) is 36.1 Å². The van der Waals surface area contributed by atoms with Crippen molar-refractivity contribution in [3.05, 3.63) is 59.7 Å². The number of halogens is 2. The van der Waals surface area contributed by atoms with Crippen LogP contribution in [0.1, 0.15) is 5.56 Å². The van der Waals surface area contributed by atoms with Gasteiger partial charge in [-0.2, -0.15) is 0 Å². The Balaban J connectivity index is 1.81. The zero-order chi connectivity index (χ0) is 15.9. The lowest BCUT2D eigenvalue weighted by Gasteiger charge is -2.07. The third kappa shape index (κ3) is 5.03. The molecule has 2 rings (SSSR count). The summed E-state index contributed by atoms with van der Waals surface area (Å²) in [7, 11) is 0. The first kappa shape index (κ1) is 16.8. The molecular weight excluding hydrogens is 324 g/mol. The van der Waals surface area contributed by atoms with Gasteiger partial charge in [-0.1, -0.05) is 12.1 Å². The standard InChI is InChI=1S/C16H15F2NOS2/c1-21-13-5-2-11(3-6-13)9-22-10-16(20)19-15-8-12(17)4-7-14(15)18/h2-8H,9-10H2,1H3,(H,19,20). The fourth-order valence-corrected chi connectivity index (χ4v) is 2.96. The molecule has 1 amide bonds. The van der Waals surface area contributed by atoms with Gasteiger partial charge in [0.1, 0.15) is 11.6 Å². The lowest BCUT2D eigenvalue weighted by Crippen LogP contribution is -2.15. The van der Waals surface area contributed by atoms with Crippen LogP contribution < -0.4 is 5.32 Å². The number of hydrogen-bond donors (Lipinski definition) is 1. The minimum Gasteiger partial charge on any atom is -0.323 e. The summed E-state index contributed by atoms with van der Waals surface area (Å²) in [6.45, 7) is 0. The number of amides is 1. The summed E-state index contributed by atoms with van der Waals surface area (Å²) in [5.74, 6) is -0.714. The van der Waals surface area contributed by atoms with Crippen LogP contribution in [-0.4, -0.2) is 17.9 Å². The third-order valence-corrected chi connectivity index (χ3v) is 4.61. The van der Waals surface area contributed by atoms with E-state index in [1.54, 1.807) is 11.8 Å². The van der Waals surface area contributed by atoms with E-state index in [-0.39, 0.29) is 17.3 Å². The summed E-state index contributed by atoms with van der Waals surface area (Å²) in [5, 5.41) is 2.38. The molecule has 2 nitrogen and oxygen atoms in total. The molecule has 0 saturated heterocycles. The number of carbonyl (C=O) groups is 1. The summed E-state index contributed by atoms with van der Waals surface area (Å²) >= 11 is 3.10. The predicted molar refractivity (Wildman–Crippen MR) is 89.4 cm³/mol. The van der Waals surface area contributed by atoms with Gasteiger partial charge < -0.3 is 5.32 Å². The van der Waals surface area contributed by atoms with Crippen molar-refractivity contribution in [3.63, 3.8) is 0 Å². The monoisotopic (exact) mass is 339 g/mol. The Morgan fingerprint density at radius 1 is 1.14 bits per heavy atom. The lowest BCUT2D eigenvalue weighted by molar-refractivity contribution is -0.113. The van der Waals surface area contributed by atoms with Gasteiger partial charge >= 0.3 is 0 Å². The van der Waals surface area contributed by atoms with Gasteiger partial charge in [-0.15, -0.1) is 23.5 Å². The number of nitrogens with one attached hydrogen (secondary N) is 1. The minimum absolute atomic E-state index is 0.130. The van der Waals surface area contributed by atoms with Gasteiger partial charge in [-0.25, -0.2) is 8.78 Å². The predicted octanol–water partition coefficient (Wildman–Crippen LogP) is 4.56. The van der Waals surface area contributed by atoms with E-state index in [2.05, 4.69) is 5.32 Å². The topological polar surface area (TPSA) is 29.1 Å². The molecule has 0 aliphatic heterocycles. The zero-order valence-electron chi connectivity index (χ0n) is 11.9. The highest BCUT2D eigenvalue weighted by Gasteiger charge is 2.08. The molecule has 0 saturated carbocycles. The quantitative estimate of drug-likeness (QED) is 0.782. The molecule has 0 bridgehead atoms. The molecule has 0 aliphatic rings. The number of hydrogen-bond acceptors (Lipinski definition) is 3. The summed E-state index contributed by atoms with van der Waals surface area (Å²) in [6, 6.07) is 11.1. The first-order valence-corrected chi connectivity index (χ1v) is 8.92. The van der Waals surface area contributed by atoms with Gasteiger partial charge in [0.05, 0.1) is 11.4 Å². The first-order chi connectivity index (χ1) is 10.6. The van der Waals surface area contributed by atoms with Crippen LogP contribution in [-0.2, 0) is 10.5 Å². The van der Waals surface area contributed by atoms with Crippen molar-refractivity contribution in [1.82, 2.24) is 0 Å². The first-order valence-electron chi connectivity index (χ1n) is 6.54. The molecule has 0 atom stereocenters. The fourth-order valence-electron chi connectivity index (χ4n) is 1.76. The van der Waals surface area contributed by atoms with E-state index in [9.17, 15) is 13.6 Å². The van der Waals surface area contributed by atoms with Crippen LogP contribution in [0.3, 0.4) is 0 Å². The van der Waals surface area contributed by atoms with Gasteiger partial charge in [0, 0.05) is 16.7 Å². The maximum atomic E-state index is 13.4. The Kier molecular flexibility index (Phi) is 6.27. The number of rotatable bonds is 6. The molecule has 0 unspecified atom stereocenters. The van der Waals surface area contributed by atoms with Crippen LogP contribution in [0.2, 0.25) is 0 Å². The van der Waals surface area contributed by atoms with E-state index in [1.165, 1.54) is 16.7 Å². The Bertz CT molecular complexity index is 647. The van der Waals surface area contributed by atoms with E-state index in [0.717, 1.165) is 23.8 Å². The molecule has 0 radical (unpaired) electrons. The van der Waals surface area contributed by atoms with E-state index in [1.807, 2.05) is 30.5 Å². The van der Waals surface area contributed by atoms with Gasteiger partial charge in [0.25, 0.3) is 0 Å². The van der Waals surface area contributed by atoms with Crippen molar-refractivity contribution >= 4 is 35.1 Å². The Labute approximate surface area is 136 Å². The minimum atomic E-state index is -0.646. The van der Waals surface area contributed by atoms with E-state index in [4.69, 9.17) is 0 Å². The summed E-state index contributed by atoms with van der Waals surface area (Å²) in [4.78, 5) is 12.9. The number of thioether (sulfide) groups is 2. The smallest absolute Gasteiger partial charge is 0.234 e. The molecule has 0 aromatic heterocycles. The Morgan fingerprint density at radius 2 is 1.86 bits per heavy atom. The molecule has 6 heteroatoms. The Morgan fingerprint density at radius 3 is 2.55 bits per heavy atom. The van der Waals surface area contributed by atoms with Crippen LogP contribution in [0.5, 0.6) is 0 Å². The largest absolute Gasteiger partial charge is 0.323 e. The highest BCUT2D eigenvalue weighted by molar-refractivity contribution is 7.99. The van der Waals surface area contributed by atoms with Crippen LogP contribution in [0, 0.1) is 11.6 Å². The van der Waals surface area contributed by atoms with Crippen molar-refractivity contribution in [3.8, 4) is 0 Å². The average Bonchev–Trinajstić information content (AvgIpc) is 2.51. The normalized spacial score (nSPS) is 10.5. The molecule has 116 valence electrons. The fraction of sp³-hybridized carbons (Fsp3) is 0.188. The summed E-state index contributed by atoms with van der Waals surface area (Å²) < 4.78 is 26.4. The summed E-state index contributed by atoms with van der Waals surface area (Å²) in [6.07, 6.45) is 2.01. The van der Waals surface area contributed by atoms with Crippen LogP contribution in [0.25, 0.3) is 0 Å². The second-order valence-corrected chi connectivity index (χ2v) is 6.38. The van der Waals surface area contributed by atoms with E-state index < -0.39 is 11.6 Å². The van der Waals surface area contributed by atoms with Crippen molar-refractivity contribution < 1.29 is 13.6 Å². The molecular formula is C16H15F2NOS2. The second-order valence-electron chi connectivity index (χ2n) is 4.51. The molecule has 0 spiro atoms. The van der Waals surface area contributed by atoms with Crippen LogP contribution in [0.15, 0.2) is 47.4 Å². The van der Waals surface area contributed by atoms with Crippen LogP contribution >= 0.6 is 23.5 Å². The number of carbonyl (C=O) groups excluding carboxylic acids is 1. The molecule has 1 N–H and O–H groups in total. The lowest BCUT2D eigenvalue weighted by atomic mass is 10.2. The summed E-state index contributed by atoms with van der Waals surface area (Å²) in [5.41, 5.74) is 0.988. The highest BCUT2D eigenvalue weighted by atomic mass is 32.2. The van der Waals surface area contributed by atoms with Crippen molar-refractivity contribution in [2.75, 3.05) is 17.3 Å². The van der Waals surface area contributed by atoms with Crippen molar-refractivity contribution in [1.29, 1.82) is 0 Å². The SMILES string of the molecule is CSc1ccc(CSCC(=O)Nc2cc(F)ccc2F)cc1. The second kappa shape index (κ2) is 8.19. The van der Waals surface area contributed by atoms with E-state index >= 15 is 0 Å². The van der Waals surface area contributed by atoms with Gasteiger partial charge in [0.15, 0.2) is 0 Å². The highest BCUT2D eigenvalue weighted by Crippen LogP contribution is 2.19. The average molecular weight is 339 g/mol. The molecule has 0 fully saturated rings. The maximum absolute atomic E-state index is 13.4. The molecule has 2 aromatic carbocycles. The number of anilines is 1. The van der Waals surface area contributed by atoms with E-state index in [0.29, 0.717) is 5.75 Å². The maximum Gasteiger partial charge on any atom is 0.234 e. The molecule has 22 heavy (non-hydrogen) atoms. The number of benzene rings is 2. The van der Waals surface area contributed by atoms with Crippen molar-refractivity contribution in [2.24, 2.45) is 0 Å². The Hall–Kier alpha value is -1.53.